The molecule has 0 bridgehead atoms. The van der Waals surface area contributed by atoms with E-state index < -0.39 is 5.82 Å². The summed E-state index contributed by atoms with van der Waals surface area (Å²) in [5, 5.41) is 8.41. The average molecular weight is 176 g/mol. The number of aliphatic imine (C=N–C) groups is 1. The van der Waals surface area contributed by atoms with Gasteiger partial charge in [0.1, 0.15) is 11.9 Å². The van der Waals surface area contributed by atoms with E-state index in [9.17, 15) is 9.18 Å². The summed E-state index contributed by atoms with van der Waals surface area (Å²) in [5.41, 5.74) is 0.527. The number of benzene rings is 1. The molecular formula is C9H5FN2O. The van der Waals surface area contributed by atoms with E-state index in [2.05, 4.69) is 4.99 Å². The number of nitrogens with zero attached hydrogens (tertiary/aromatic N) is 2. The summed E-state index contributed by atoms with van der Waals surface area (Å²) in [6.45, 7) is 0.0894. The Morgan fingerprint density at radius 3 is 2.85 bits per heavy atom. The fourth-order valence-electron chi connectivity index (χ4n) is 0.871. The van der Waals surface area contributed by atoms with E-state index in [1.54, 1.807) is 12.1 Å². The third-order valence-electron chi connectivity index (χ3n) is 1.48. The Morgan fingerprint density at radius 2 is 2.31 bits per heavy atom. The van der Waals surface area contributed by atoms with Crippen molar-refractivity contribution in [3.8, 4) is 6.07 Å². The van der Waals surface area contributed by atoms with Crippen molar-refractivity contribution in [2.45, 2.75) is 6.54 Å². The fourth-order valence-corrected chi connectivity index (χ4v) is 0.871. The summed E-state index contributed by atoms with van der Waals surface area (Å²) in [7, 11) is 0. The minimum Gasteiger partial charge on any atom is -0.211 e. The molecule has 0 aliphatic heterocycles. The van der Waals surface area contributed by atoms with Crippen LogP contribution in [-0.4, -0.2) is 6.08 Å². The van der Waals surface area contributed by atoms with Gasteiger partial charge in [0, 0.05) is 0 Å². The number of hydrogen-bond acceptors (Lipinski definition) is 3. The van der Waals surface area contributed by atoms with Gasteiger partial charge in [-0.3, -0.25) is 0 Å². The summed E-state index contributed by atoms with van der Waals surface area (Å²) in [6.07, 6.45) is 1.35. The molecule has 1 aromatic carbocycles. The van der Waals surface area contributed by atoms with Crippen LogP contribution in [0.1, 0.15) is 11.1 Å². The second-order valence-electron chi connectivity index (χ2n) is 2.33. The maximum Gasteiger partial charge on any atom is 0.235 e. The molecule has 0 aliphatic rings. The maximum atomic E-state index is 12.9. The summed E-state index contributed by atoms with van der Waals surface area (Å²) >= 11 is 0. The number of hydrogen-bond donors (Lipinski definition) is 0. The maximum absolute atomic E-state index is 12.9. The van der Waals surface area contributed by atoms with Gasteiger partial charge >= 0.3 is 0 Å². The number of carbonyl (C=O) groups excluding carboxylic acids is 1. The van der Waals surface area contributed by atoms with Gasteiger partial charge in [0.05, 0.1) is 12.1 Å². The van der Waals surface area contributed by atoms with Crippen LogP contribution >= 0.6 is 0 Å². The molecule has 0 unspecified atom stereocenters. The van der Waals surface area contributed by atoms with Crippen molar-refractivity contribution in [2.75, 3.05) is 0 Å². The summed E-state index contributed by atoms with van der Waals surface area (Å²) < 4.78 is 12.9. The molecule has 0 spiro atoms. The highest BCUT2D eigenvalue weighted by Gasteiger charge is 2.01. The first-order valence-electron chi connectivity index (χ1n) is 3.50. The predicted octanol–water partition coefficient (Wildman–Crippen LogP) is 1.53. The number of rotatable bonds is 2. The highest BCUT2D eigenvalue weighted by molar-refractivity contribution is 5.36. The normalized spacial score (nSPS) is 8.62. The van der Waals surface area contributed by atoms with E-state index >= 15 is 0 Å². The topological polar surface area (TPSA) is 53.2 Å². The van der Waals surface area contributed by atoms with Crippen LogP contribution < -0.4 is 0 Å². The van der Waals surface area contributed by atoms with Crippen LogP contribution in [0.2, 0.25) is 0 Å². The van der Waals surface area contributed by atoms with Crippen LogP contribution in [0.4, 0.5) is 4.39 Å². The Hall–Kier alpha value is -1.98. The molecule has 0 fully saturated rings. The van der Waals surface area contributed by atoms with Crippen molar-refractivity contribution in [1.29, 1.82) is 5.26 Å². The van der Waals surface area contributed by atoms with E-state index in [0.717, 1.165) is 0 Å². The van der Waals surface area contributed by atoms with Crippen LogP contribution in [0.25, 0.3) is 0 Å². The van der Waals surface area contributed by atoms with Crippen LogP contribution in [0, 0.1) is 17.1 Å². The molecule has 0 atom stereocenters. The molecule has 1 aromatic rings. The van der Waals surface area contributed by atoms with Crippen molar-refractivity contribution in [3.63, 3.8) is 0 Å². The highest BCUT2D eigenvalue weighted by atomic mass is 19.1. The van der Waals surface area contributed by atoms with Gasteiger partial charge in [-0.15, -0.1) is 0 Å². The lowest BCUT2D eigenvalue weighted by molar-refractivity contribution is 0.562. The first-order valence-corrected chi connectivity index (χ1v) is 3.50. The predicted molar refractivity (Wildman–Crippen MR) is 42.9 cm³/mol. The zero-order chi connectivity index (χ0) is 9.68. The van der Waals surface area contributed by atoms with Gasteiger partial charge in [0.15, 0.2) is 0 Å². The van der Waals surface area contributed by atoms with Crippen molar-refractivity contribution in [2.24, 2.45) is 4.99 Å². The minimum absolute atomic E-state index is 0.0150. The second kappa shape index (κ2) is 4.15. The summed E-state index contributed by atoms with van der Waals surface area (Å²) in [6, 6.07) is 5.77. The second-order valence-corrected chi connectivity index (χ2v) is 2.33. The molecule has 4 heteroatoms. The molecule has 0 aromatic heterocycles. The van der Waals surface area contributed by atoms with Crippen molar-refractivity contribution in [1.82, 2.24) is 0 Å². The van der Waals surface area contributed by atoms with Gasteiger partial charge < -0.3 is 0 Å². The first-order chi connectivity index (χ1) is 6.27. The van der Waals surface area contributed by atoms with Crippen molar-refractivity contribution < 1.29 is 9.18 Å². The molecule has 0 saturated heterocycles. The lowest BCUT2D eigenvalue weighted by Crippen LogP contribution is -1.87. The molecule has 0 heterocycles. The number of nitriles is 1. The van der Waals surface area contributed by atoms with Crippen LogP contribution in [0.15, 0.2) is 23.2 Å². The monoisotopic (exact) mass is 176 g/mol. The molecule has 0 amide bonds. The number of isocyanates is 1. The van der Waals surface area contributed by atoms with E-state index in [4.69, 9.17) is 5.26 Å². The largest absolute Gasteiger partial charge is 0.235 e. The van der Waals surface area contributed by atoms with E-state index in [1.807, 2.05) is 0 Å². The lowest BCUT2D eigenvalue weighted by Gasteiger charge is -1.96. The Labute approximate surface area is 74.1 Å². The van der Waals surface area contributed by atoms with Crippen molar-refractivity contribution >= 4 is 6.08 Å². The smallest absolute Gasteiger partial charge is 0.211 e. The van der Waals surface area contributed by atoms with Gasteiger partial charge in [0.2, 0.25) is 6.08 Å². The van der Waals surface area contributed by atoms with Crippen LogP contribution in [-0.2, 0) is 11.3 Å². The van der Waals surface area contributed by atoms with E-state index in [-0.39, 0.29) is 12.1 Å². The van der Waals surface area contributed by atoms with E-state index in [0.29, 0.717) is 5.56 Å². The molecular weight excluding hydrogens is 171 g/mol. The zero-order valence-corrected chi connectivity index (χ0v) is 6.62. The molecule has 0 aliphatic carbocycles. The van der Waals surface area contributed by atoms with Crippen LogP contribution in [0.5, 0.6) is 0 Å². The zero-order valence-electron chi connectivity index (χ0n) is 6.62. The van der Waals surface area contributed by atoms with Gasteiger partial charge in [-0.1, -0.05) is 6.07 Å². The highest BCUT2D eigenvalue weighted by Crippen LogP contribution is 2.09. The van der Waals surface area contributed by atoms with Gasteiger partial charge in [-0.25, -0.2) is 14.2 Å². The van der Waals surface area contributed by atoms with E-state index in [1.165, 1.54) is 18.2 Å². The standard InChI is InChI=1S/C9H5FN2O/c10-9-3-7(5-12-6-13)1-2-8(9)4-11/h1-3H,5H2. The Morgan fingerprint density at radius 1 is 1.54 bits per heavy atom. The fraction of sp³-hybridized carbons (Fsp3) is 0.111. The van der Waals surface area contributed by atoms with Gasteiger partial charge in [-0.2, -0.15) is 5.26 Å². The minimum atomic E-state index is -0.596. The molecule has 1 rings (SSSR count). The van der Waals surface area contributed by atoms with Crippen LogP contribution in [0.3, 0.4) is 0 Å². The quantitative estimate of drug-likeness (QED) is 0.506. The lowest BCUT2D eigenvalue weighted by atomic mass is 10.1. The Kier molecular flexibility index (Phi) is 2.91. The molecule has 3 nitrogen and oxygen atoms in total. The van der Waals surface area contributed by atoms with Gasteiger partial charge in [0.25, 0.3) is 0 Å². The molecule has 0 radical (unpaired) electrons. The summed E-state index contributed by atoms with van der Waals surface area (Å²) in [4.78, 5) is 13.0. The Bertz CT molecular complexity index is 403. The van der Waals surface area contributed by atoms with Crippen molar-refractivity contribution in [3.05, 3.63) is 35.1 Å². The number of halogens is 1. The van der Waals surface area contributed by atoms with Gasteiger partial charge in [-0.05, 0) is 17.7 Å². The molecule has 0 N–H and O–H groups in total. The average Bonchev–Trinajstić information content (AvgIpc) is 2.15. The molecule has 64 valence electrons. The SMILES string of the molecule is N#Cc1ccc(CN=C=O)cc1F. The summed E-state index contributed by atoms with van der Waals surface area (Å²) in [5.74, 6) is -0.596. The molecule has 13 heavy (non-hydrogen) atoms. The third kappa shape index (κ3) is 2.22. The first kappa shape index (κ1) is 9.11. The molecule has 0 saturated carbocycles. The third-order valence-corrected chi connectivity index (χ3v) is 1.48. The Balaban J connectivity index is 2.97.